The summed E-state index contributed by atoms with van der Waals surface area (Å²) in [6, 6.07) is 15.7. The van der Waals surface area contributed by atoms with Crippen LogP contribution in [-0.2, 0) is 0 Å². The van der Waals surface area contributed by atoms with Crippen LogP contribution in [-0.4, -0.2) is 5.12 Å². The average Bonchev–Trinajstić information content (AvgIpc) is 2.57. The first-order valence-corrected chi connectivity index (χ1v) is 9.38. The van der Waals surface area contributed by atoms with E-state index in [1.807, 2.05) is 55.5 Å². The molecule has 1 heterocycles. The Balaban J connectivity index is 1.89. The zero-order valence-corrected chi connectivity index (χ0v) is 13.8. The van der Waals surface area contributed by atoms with Gasteiger partial charge in [-0.25, -0.2) is 0 Å². The van der Waals surface area contributed by atoms with Gasteiger partial charge in [0.2, 0.25) is 5.12 Å². The van der Waals surface area contributed by atoms with Crippen LogP contribution < -0.4 is 4.18 Å². The van der Waals surface area contributed by atoms with Crippen LogP contribution in [0.4, 0.5) is 0 Å². The van der Waals surface area contributed by atoms with Crippen molar-refractivity contribution in [3.63, 3.8) is 0 Å². The highest BCUT2D eigenvalue weighted by atomic mass is 32.3. The lowest BCUT2D eigenvalue weighted by molar-refractivity contribution is 0.107. The number of para-hydroxylation sites is 1. The van der Waals surface area contributed by atoms with Gasteiger partial charge in [-0.1, -0.05) is 54.6 Å². The molecule has 0 spiro atoms. The van der Waals surface area contributed by atoms with E-state index < -0.39 is 10.3 Å². The van der Waals surface area contributed by atoms with Crippen molar-refractivity contribution in [1.29, 1.82) is 0 Å². The third kappa shape index (κ3) is 2.07. The molecule has 2 aliphatic rings. The van der Waals surface area contributed by atoms with E-state index in [0.717, 1.165) is 39.5 Å². The summed E-state index contributed by atoms with van der Waals surface area (Å²) in [6.07, 6.45) is 8.37. The van der Waals surface area contributed by atoms with Crippen molar-refractivity contribution >= 4 is 15.4 Å². The Morgan fingerprint density at radius 3 is 2.57 bits per heavy atom. The van der Waals surface area contributed by atoms with Gasteiger partial charge in [0.25, 0.3) is 0 Å². The van der Waals surface area contributed by atoms with Crippen molar-refractivity contribution in [3.05, 3.63) is 82.8 Å². The molecular formula is C20H18O2S. The number of benzene rings is 2. The van der Waals surface area contributed by atoms with Crippen molar-refractivity contribution in [1.82, 2.24) is 0 Å². The minimum Gasteiger partial charge on any atom is -0.432 e. The molecule has 3 heteroatoms. The van der Waals surface area contributed by atoms with E-state index in [1.54, 1.807) is 0 Å². The first-order chi connectivity index (χ1) is 11.2. The molecule has 0 saturated carbocycles. The van der Waals surface area contributed by atoms with Crippen molar-refractivity contribution in [2.45, 2.75) is 24.7 Å². The van der Waals surface area contributed by atoms with Crippen LogP contribution in [0.25, 0.3) is 0 Å². The zero-order valence-electron chi connectivity index (χ0n) is 13.0. The van der Waals surface area contributed by atoms with Crippen LogP contribution in [0.2, 0.25) is 0 Å². The van der Waals surface area contributed by atoms with Crippen molar-refractivity contribution in [2.24, 2.45) is 0 Å². The van der Waals surface area contributed by atoms with Crippen LogP contribution >= 0.6 is 10.3 Å². The monoisotopic (exact) mass is 322 g/mol. The lowest BCUT2D eigenvalue weighted by Crippen LogP contribution is -2.28. The second-order valence-corrected chi connectivity index (χ2v) is 8.34. The summed E-state index contributed by atoms with van der Waals surface area (Å²) >= 11 is 0. The fraction of sp³-hybridized carbons (Fsp3) is 0.150. The topological polar surface area (TPSA) is 26.3 Å². The van der Waals surface area contributed by atoms with Gasteiger partial charge in [0, 0.05) is 20.8 Å². The van der Waals surface area contributed by atoms with Gasteiger partial charge in [0.05, 0.1) is 4.90 Å². The molecule has 0 saturated heterocycles. The molecule has 0 bridgehead atoms. The molecule has 2 aromatic carbocycles. The number of hydrogen-bond donors (Lipinski definition) is 0. The van der Waals surface area contributed by atoms with Gasteiger partial charge >= 0.3 is 0 Å². The quantitative estimate of drug-likeness (QED) is 0.725. The number of allylic oxidation sites excluding steroid dienone is 3. The highest BCUT2D eigenvalue weighted by Gasteiger charge is 2.49. The van der Waals surface area contributed by atoms with Crippen LogP contribution in [0.5, 0.6) is 5.75 Å². The Morgan fingerprint density at radius 2 is 1.83 bits per heavy atom. The summed E-state index contributed by atoms with van der Waals surface area (Å²) in [5, 5.41) is 0.104. The van der Waals surface area contributed by atoms with Crippen LogP contribution in [0.1, 0.15) is 28.8 Å². The van der Waals surface area contributed by atoms with Gasteiger partial charge in [-0.3, -0.25) is 4.79 Å². The fourth-order valence-electron chi connectivity index (χ4n) is 3.08. The fourth-order valence-corrected chi connectivity index (χ4v) is 6.15. The molecule has 0 fully saturated rings. The molecule has 0 radical (unpaired) electrons. The summed E-state index contributed by atoms with van der Waals surface area (Å²) in [5.74, 6) is 0.837. The molecule has 0 amide bonds. The van der Waals surface area contributed by atoms with Gasteiger partial charge in [-0.05, 0) is 37.5 Å². The average molecular weight is 322 g/mol. The standard InChI is InChI=1S/C20H18O2S/c1-15-9-5-6-12-17(15)20(21)23(16-10-3-2-4-11-16)19-14-8-7-13-18(19)22-23/h3,5-14H,2,4H2,1H3. The molecule has 0 aromatic heterocycles. The summed E-state index contributed by atoms with van der Waals surface area (Å²) in [4.78, 5) is 15.6. The van der Waals surface area contributed by atoms with Gasteiger partial charge in [-0.15, -0.1) is 0 Å². The number of carbonyl (C=O) groups is 1. The van der Waals surface area contributed by atoms with Gasteiger partial charge in [-0.2, -0.15) is 0 Å². The van der Waals surface area contributed by atoms with E-state index in [-0.39, 0.29) is 5.12 Å². The van der Waals surface area contributed by atoms with E-state index in [9.17, 15) is 4.79 Å². The summed E-state index contributed by atoms with van der Waals surface area (Å²) in [6.45, 7) is 1.98. The number of carbonyl (C=O) groups excluding carboxylic acids is 1. The van der Waals surface area contributed by atoms with E-state index in [2.05, 4.69) is 18.2 Å². The normalized spacial score (nSPS) is 24.5. The van der Waals surface area contributed by atoms with E-state index in [1.165, 1.54) is 0 Å². The third-order valence-corrected chi connectivity index (χ3v) is 7.39. The molecule has 1 atom stereocenters. The Morgan fingerprint density at radius 1 is 1.04 bits per heavy atom. The molecule has 23 heavy (non-hydrogen) atoms. The molecule has 116 valence electrons. The number of fused-ring (bicyclic) bond motifs is 1. The van der Waals surface area contributed by atoms with Crippen molar-refractivity contribution in [2.75, 3.05) is 0 Å². The first-order valence-electron chi connectivity index (χ1n) is 7.82. The first kappa shape index (κ1) is 14.3. The van der Waals surface area contributed by atoms with Gasteiger partial charge in [0.15, 0.2) is 5.75 Å². The number of rotatable bonds is 2. The summed E-state index contributed by atoms with van der Waals surface area (Å²) < 4.78 is 6.20. The highest BCUT2D eigenvalue weighted by molar-refractivity contribution is 8.46. The highest BCUT2D eigenvalue weighted by Crippen LogP contribution is 2.74. The van der Waals surface area contributed by atoms with Crippen LogP contribution in [0, 0.1) is 6.92 Å². The predicted octanol–water partition coefficient (Wildman–Crippen LogP) is 5.54. The predicted molar refractivity (Wildman–Crippen MR) is 94.9 cm³/mol. The Labute approximate surface area is 138 Å². The second-order valence-electron chi connectivity index (χ2n) is 5.77. The Hall–Kier alpha value is -2.26. The number of aryl methyl sites for hydroxylation is 1. The van der Waals surface area contributed by atoms with E-state index in [0.29, 0.717) is 0 Å². The smallest absolute Gasteiger partial charge is 0.243 e. The molecular weight excluding hydrogens is 304 g/mol. The molecule has 1 aliphatic heterocycles. The van der Waals surface area contributed by atoms with E-state index >= 15 is 0 Å². The largest absolute Gasteiger partial charge is 0.432 e. The minimum absolute atomic E-state index is 0.104. The summed E-state index contributed by atoms with van der Waals surface area (Å²) in [7, 11) is -2.08. The SMILES string of the molecule is Cc1ccccc1C(=O)S1(C2=CCCC=C2)Oc2ccccc21. The van der Waals surface area contributed by atoms with Crippen LogP contribution in [0.3, 0.4) is 0 Å². The molecule has 2 nitrogen and oxygen atoms in total. The lowest BCUT2D eigenvalue weighted by atomic mass is 10.1. The molecule has 1 unspecified atom stereocenters. The maximum Gasteiger partial charge on any atom is 0.243 e. The zero-order chi connectivity index (χ0) is 15.9. The molecule has 4 rings (SSSR count). The summed E-state index contributed by atoms with van der Waals surface area (Å²) in [5.41, 5.74) is 1.76. The maximum absolute atomic E-state index is 13.5. The Bertz CT molecular complexity index is 850. The molecule has 1 aliphatic carbocycles. The second kappa shape index (κ2) is 5.43. The van der Waals surface area contributed by atoms with Gasteiger partial charge in [0.1, 0.15) is 0 Å². The van der Waals surface area contributed by atoms with Crippen LogP contribution in [0.15, 0.2) is 76.6 Å². The number of hydrogen-bond acceptors (Lipinski definition) is 2. The lowest BCUT2D eigenvalue weighted by Gasteiger charge is -2.48. The third-order valence-electron chi connectivity index (χ3n) is 4.29. The minimum atomic E-state index is -2.08. The maximum atomic E-state index is 13.5. The van der Waals surface area contributed by atoms with E-state index in [4.69, 9.17) is 4.18 Å². The van der Waals surface area contributed by atoms with Crippen molar-refractivity contribution < 1.29 is 8.98 Å². The van der Waals surface area contributed by atoms with Gasteiger partial charge < -0.3 is 4.18 Å². The molecule has 2 aromatic rings. The van der Waals surface area contributed by atoms with Crippen molar-refractivity contribution in [3.8, 4) is 5.75 Å². The molecule has 0 N–H and O–H groups in total. The Kier molecular flexibility index (Phi) is 3.38.